The SMILES string of the molecule is CC(C)(C)OC(=O)N1CC2CCN(c3ccc4sccc4c3)CCC2C1. The van der Waals surface area contributed by atoms with Crippen LogP contribution in [0.25, 0.3) is 10.1 Å². The Kier molecular flexibility index (Phi) is 4.59. The summed E-state index contributed by atoms with van der Waals surface area (Å²) in [6, 6.07) is 9.02. The monoisotopic (exact) mass is 372 g/mol. The first-order chi connectivity index (χ1) is 12.4. The summed E-state index contributed by atoms with van der Waals surface area (Å²) in [5.74, 6) is 1.19. The molecule has 2 aliphatic heterocycles. The van der Waals surface area contributed by atoms with Crippen LogP contribution in [0.4, 0.5) is 10.5 Å². The lowest BCUT2D eigenvalue weighted by Gasteiger charge is -2.26. The van der Waals surface area contributed by atoms with Crippen molar-refractivity contribution in [3.05, 3.63) is 29.6 Å². The van der Waals surface area contributed by atoms with Crippen molar-refractivity contribution < 1.29 is 9.53 Å². The minimum atomic E-state index is -0.418. The van der Waals surface area contributed by atoms with Gasteiger partial charge >= 0.3 is 6.09 Å². The number of ether oxygens (including phenoxy) is 1. The third kappa shape index (κ3) is 3.68. The lowest BCUT2D eigenvalue weighted by Crippen LogP contribution is -2.36. The maximum atomic E-state index is 12.4. The first kappa shape index (κ1) is 17.7. The molecular weight excluding hydrogens is 344 g/mol. The van der Waals surface area contributed by atoms with Crippen molar-refractivity contribution in [2.45, 2.75) is 39.2 Å². The number of rotatable bonds is 1. The highest BCUT2D eigenvalue weighted by molar-refractivity contribution is 7.17. The number of nitrogens with zero attached hydrogens (tertiary/aromatic N) is 2. The molecule has 0 N–H and O–H groups in total. The Labute approximate surface area is 159 Å². The average Bonchev–Trinajstić information content (AvgIpc) is 3.15. The molecule has 140 valence electrons. The second kappa shape index (κ2) is 6.76. The topological polar surface area (TPSA) is 32.8 Å². The Hall–Kier alpha value is -1.75. The molecule has 0 radical (unpaired) electrons. The summed E-state index contributed by atoms with van der Waals surface area (Å²) in [5, 5.41) is 3.50. The highest BCUT2D eigenvalue weighted by Gasteiger charge is 2.38. The van der Waals surface area contributed by atoms with Gasteiger partial charge in [-0.05, 0) is 80.5 Å². The van der Waals surface area contributed by atoms with E-state index >= 15 is 0 Å². The van der Waals surface area contributed by atoms with Gasteiger partial charge in [0.1, 0.15) is 5.60 Å². The molecule has 0 aliphatic carbocycles. The molecule has 1 aromatic carbocycles. The van der Waals surface area contributed by atoms with Crippen molar-refractivity contribution >= 4 is 33.2 Å². The van der Waals surface area contributed by atoms with E-state index in [9.17, 15) is 4.79 Å². The van der Waals surface area contributed by atoms with Gasteiger partial charge in [-0.25, -0.2) is 4.79 Å². The van der Waals surface area contributed by atoms with Crippen molar-refractivity contribution in [2.24, 2.45) is 11.8 Å². The zero-order chi connectivity index (χ0) is 18.3. The fourth-order valence-corrected chi connectivity index (χ4v) is 5.00. The van der Waals surface area contributed by atoms with Crippen LogP contribution in [0.1, 0.15) is 33.6 Å². The van der Waals surface area contributed by atoms with Crippen LogP contribution in [0, 0.1) is 11.8 Å². The summed E-state index contributed by atoms with van der Waals surface area (Å²) in [7, 11) is 0. The smallest absolute Gasteiger partial charge is 0.410 e. The third-order valence-electron chi connectivity index (χ3n) is 5.57. The number of likely N-dealkylation sites (tertiary alicyclic amines) is 1. The van der Waals surface area contributed by atoms with Gasteiger partial charge in [0, 0.05) is 36.6 Å². The maximum absolute atomic E-state index is 12.4. The summed E-state index contributed by atoms with van der Waals surface area (Å²) in [6.45, 7) is 9.62. The van der Waals surface area contributed by atoms with Crippen molar-refractivity contribution in [3.8, 4) is 0 Å². The predicted molar refractivity (Wildman–Crippen MR) is 108 cm³/mol. The molecule has 2 saturated heterocycles. The Morgan fingerprint density at radius 1 is 1.12 bits per heavy atom. The van der Waals surface area contributed by atoms with E-state index in [4.69, 9.17) is 4.74 Å². The minimum Gasteiger partial charge on any atom is -0.444 e. The molecule has 4 nitrogen and oxygen atoms in total. The Balaban J connectivity index is 1.39. The molecule has 0 spiro atoms. The lowest BCUT2D eigenvalue weighted by molar-refractivity contribution is 0.0283. The molecule has 2 fully saturated rings. The number of carbonyl (C=O) groups is 1. The lowest BCUT2D eigenvalue weighted by atomic mass is 9.92. The fourth-order valence-electron chi connectivity index (χ4n) is 4.23. The summed E-state index contributed by atoms with van der Waals surface area (Å²) >= 11 is 1.80. The zero-order valence-corrected chi connectivity index (χ0v) is 16.7. The molecule has 5 heteroatoms. The van der Waals surface area contributed by atoms with E-state index in [0.717, 1.165) is 39.0 Å². The largest absolute Gasteiger partial charge is 0.444 e. The van der Waals surface area contributed by atoms with Crippen molar-refractivity contribution in [2.75, 3.05) is 31.1 Å². The quantitative estimate of drug-likeness (QED) is 0.707. The summed E-state index contributed by atoms with van der Waals surface area (Å²) in [4.78, 5) is 16.8. The van der Waals surface area contributed by atoms with Crippen LogP contribution in [0.5, 0.6) is 0 Å². The molecule has 2 aromatic rings. The van der Waals surface area contributed by atoms with E-state index in [2.05, 4.69) is 34.5 Å². The first-order valence-electron chi connectivity index (χ1n) is 9.59. The molecule has 1 aromatic heterocycles. The van der Waals surface area contributed by atoms with Crippen molar-refractivity contribution in [3.63, 3.8) is 0 Å². The number of hydrogen-bond donors (Lipinski definition) is 0. The van der Waals surface area contributed by atoms with Crippen molar-refractivity contribution in [1.82, 2.24) is 4.90 Å². The molecule has 2 atom stereocenters. The molecule has 4 rings (SSSR count). The Morgan fingerprint density at radius 3 is 2.46 bits per heavy atom. The van der Waals surface area contributed by atoms with Gasteiger partial charge in [0.05, 0.1) is 0 Å². The van der Waals surface area contributed by atoms with Gasteiger partial charge in [-0.2, -0.15) is 0 Å². The molecule has 2 unspecified atom stereocenters. The minimum absolute atomic E-state index is 0.148. The van der Waals surface area contributed by atoms with Gasteiger partial charge in [0.15, 0.2) is 0 Å². The normalized spacial score (nSPS) is 23.8. The van der Waals surface area contributed by atoms with Gasteiger partial charge in [-0.15, -0.1) is 11.3 Å². The number of hydrogen-bond acceptors (Lipinski definition) is 4. The first-order valence-corrected chi connectivity index (χ1v) is 10.5. The van der Waals surface area contributed by atoms with Crippen LogP contribution in [-0.2, 0) is 4.74 Å². The predicted octanol–water partition coefficient (Wildman–Crippen LogP) is 4.98. The van der Waals surface area contributed by atoms with Crippen molar-refractivity contribution in [1.29, 1.82) is 0 Å². The molecule has 3 heterocycles. The van der Waals surface area contributed by atoms with Gasteiger partial charge in [-0.1, -0.05) is 0 Å². The maximum Gasteiger partial charge on any atom is 0.410 e. The highest BCUT2D eigenvalue weighted by atomic mass is 32.1. The second-order valence-corrected chi connectivity index (χ2v) is 9.56. The Morgan fingerprint density at radius 2 is 1.81 bits per heavy atom. The molecular formula is C21H28N2O2S. The van der Waals surface area contributed by atoms with Gasteiger partial charge < -0.3 is 14.5 Å². The van der Waals surface area contributed by atoms with Crippen LogP contribution >= 0.6 is 11.3 Å². The average molecular weight is 373 g/mol. The summed E-state index contributed by atoms with van der Waals surface area (Å²) in [5.41, 5.74) is 0.915. The number of anilines is 1. The molecule has 1 amide bonds. The fraction of sp³-hybridized carbons (Fsp3) is 0.571. The zero-order valence-electron chi connectivity index (χ0n) is 15.9. The third-order valence-corrected chi connectivity index (χ3v) is 6.47. The summed E-state index contributed by atoms with van der Waals surface area (Å²) < 4.78 is 6.92. The van der Waals surface area contributed by atoms with Crippen LogP contribution in [0.2, 0.25) is 0 Å². The number of benzene rings is 1. The highest BCUT2D eigenvalue weighted by Crippen LogP contribution is 2.35. The standard InChI is InChI=1S/C21H28N2O2S/c1-21(2,3)25-20(24)23-13-16-6-9-22(10-7-17(16)14-23)18-4-5-19-15(12-18)8-11-26-19/h4-5,8,11-12,16-17H,6-7,9-10,13-14H2,1-3H3. The second-order valence-electron chi connectivity index (χ2n) is 8.61. The van der Waals surface area contributed by atoms with E-state index in [0.29, 0.717) is 11.8 Å². The Bertz CT molecular complexity index is 779. The molecule has 2 aliphatic rings. The van der Waals surface area contributed by atoms with Crippen LogP contribution in [-0.4, -0.2) is 42.8 Å². The van der Waals surface area contributed by atoms with E-state index in [1.807, 2.05) is 25.7 Å². The van der Waals surface area contributed by atoms with E-state index in [1.54, 1.807) is 11.3 Å². The van der Waals surface area contributed by atoms with Gasteiger partial charge in [0.25, 0.3) is 0 Å². The number of thiophene rings is 1. The van der Waals surface area contributed by atoms with E-state index < -0.39 is 5.60 Å². The summed E-state index contributed by atoms with van der Waals surface area (Å²) in [6.07, 6.45) is 2.14. The van der Waals surface area contributed by atoms with Gasteiger partial charge in [0.2, 0.25) is 0 Å². The molecule has 0 bridgehead atoms. The van der Waals surface area contributed by atoms with Gasteiger partial charge in [-0.3, -0.25) is 0 Å². The number of fused-ring (bicyclic) bond motifs is 2. The molecule has 0 saturated carbocycles. The van der Waals surface area contributed by atoms with Crippen LogP contribution in [0.15, 0.2) is 29.6 Å². The van der Waals surface area contributed by atoms with E-state index in [1.165, 1.54) is 15.8 Å². The number of amides is 1. The van der Waals surface area contributed by atoms with Crippen LogP contribution in [0.3, 0.4) is 0 Å². The number of carbonyl (C=O) groups excluding carboxylic acids is 1. The van der Waals surface area contributed by atoms with E-state index in [-0.39, 0.29) is 6.09 Å². The molecule has 26 heavy (non-hydrogen) atoms. The van der Waals surface area contributed by atoms with Crippen LogP contribution < -0.4 is 4.90 Å².